The molecule has 1 unspecified atom stereocenters. The maximum Gasteiger partial charge on any atom is 0.101 e. The molecule has 18 heavy (non-hydrogen) atoms. The second-order valence-electron chi connectivity index (χ2n) is 4.42. The molecule has 0 aliphatic rings. The van der Waals surface area contributed by atoms with Crippen LogP contribution in [-0.2, 0) is 0 Å². The Balaban J connectivity index is 2.14. The first-order valence-corrected chi connectivity index (χ1v) is 5.89. The Morgan fingerprint density at radius 3 is 2.83 bits per heavy atom. The van der Waals surface area contributed by atoms with Crippen molar-refractivity contribution in [1.82, 2.24) is 4.98 Å². The van der Waals surface area contributed by atoms with Crippen LogP contribution in [0.1, 0.15) is 22.9 Å². The molecule has 1 aromatic carbocycles. The van der Waals surface area contributed by atoms with E-state index in [9.17, 15) is 0 Å². The lowest BCUT2D eigenvalue weighted by Crippen LogP contribution is -2.11. The number of hydrogen-bond donors (Lipinski definition) is 1. The highest BCUT2D eigenvalue weighted by atomic mass is 16.3. The quantitative estimate of drug-likeness (QED) is 0.746. The molecule has 0 aliphatic carbocycles. The Labute approximate surface area is 105 Å². The summed E-state index contributed by atoms with van der Waals surface area (Å²) in [5, 5.41) is 2.24. The van der Waals surface area contributed by atoms with Crippen molar-refractivity contribution in [2.45, 2.75) is 13.0 Å². The van der Waals surface area contributed by atoms with Crippen LogP contribution in [0.4, 0.5) is 0 Å². The highest BCUT2D eigenvalue weighted by Gasteiger charge is 2.14. The predicted octanol–water partition coefficient (Wildman–Crippen LogP) is 3.18. The van der Waals surface area contributed by atoms with Gasteiger partial charge in [0.25, 0.3) is 0 Å². The minimum Gasteiger partial charge on any atom is -0.469 e. The number of nitrogens with zero attached hydrogens (tertiary/aromatic N) is 1. The number of furan rings is 1. The third-order valence-corrected chi connectivity index (χ3v) is 3.14. The summed E-state index contributed by atoms with van der Waals surface area (Å²) in [4.78, 5) is 4.26. The van der Waals surface area contributed by atoms with Gasteiger partial charge in [-0.05, 0) is 23.9 Å². The molecule has 90 valence electrons. The first kappa shape index (κ1) is 11.0. The van der Waals surface area contributed by atoms with Crippen molar-refractivity contribution in [3.8, 4) is 0 Å². The van der Waals surface area contributed by atoms with Crippen molar-refractivity contribution in [1.29, 1.82) is 0 Å². The topological polar surface area (TPSA) is 52.0 Å². The van der Waals surface area contributed by atoms with Gasteiger partial charge in [0.1, 0.15) is 5.76 Å². The van der Waals surface area contributed by atoms with Crippen LogP contribution in [0.15, 0.2) is 53.4 Å². The van der Waals surface area contributed by atoms with E-state index in [0.717, 1.165) is 27.7 Å². The van der Waals surface area contributed by atoms with Crippen LogP contribution in [0.2, 0.25) is 0 Å². The van der Waals surface area contributed by atoms with Gasteiger partial charge in [-0.2, -0.15) is 0 Å². The average Bonchev–Trinajstić information content (AvgIpc) is 2.84. The zero-order chi connectivity index (χ0) is 12.5. The number of aryl methyl sites for hydroxylation is 1. The first-order valence-electron chi connectivity index (χ1n) is 5.89. The van der Waals surface area contributed by atoms with Crippen molar-refractivity contribution < 1.29 is 4.42 Å². The minimum absolute atomic E-state index is 0.207. The van der Waals surface area contributed by atoms with Crippen LogP contribution >= 0.6 is 0 Å². The molecule has 0 saturated carbocycles. The van der Waals surface area contributed by atoms with Gasteiger partial charge in [0.2, 0.25) is 0 Å². The van der Waals surface area contributed by atoms with Crippen LogP contribution < -0.4 is 5.73 Å². The fraction of sp³-hybridized carbons (Fsp3) is 0.133. The highest BCUT2D eigenvalue weighted by Crippen LogP contribution is 2.27. The van der Waals surface area contributed by atoms with Gasteiger partial charge in [0.15, 0.2) is 0 Å². The van der Waals surface area contributed by atoms with E-state index in [1.165, 1.54) is 0 Å². The zero-order valence-electron chi connectivity index (χ0n) is 10.1. The Bertz CT molecular complexity index is 682. The molecule has 2 heterocycles. The predicted molar refractivity (Wildman–Crippen MR) is 71.2 cm³/mol. The molecular weight excluding hydrogens is 224 g/mol. The van der Waals surface area contributed by atoms with Crippen LogP contribution in [0.3, 0.4) is 0 Å². The molecule has 0 bridgehead atoms. The van der Waals surface area contributed by atoms with Gasteiger partial charge in [-0.1, -0.05) is 24.3 Å². The van der Waals surface area contributed by atoms with Gasteiger partial charge in [0.05, 0.1) is 12.3 Å². The first-order chi connectivity index (χ1) is 8.75. The van der Waals surface area contributed by atoms with E-state index in [4.69, 9.17) is 10.2 Å². The fourth-order valence-corrected chi connectivity index (χ4v) is 2.19. The summed E-state index contributed by atoms with van der Waals surface area (Å²) in [5.74, 6) is 0.869. The molecule has 3 nitrogen and oxygen atoms in total. The lowest BCUT2D eigenvalue weighted by molar-refractivity contribution is 0.530. The molecule has 0 spiro atoms. The lowest BCUT2D eigenvalue weighted by atomic mass is 9.98. The van der Waals surface area contributed by atoms with E-state index in [2.05, 4.69) is 11.1 Å². The molecule has 3 heteroatoms. The minimum atomic E-state index is -0.207. The molecule has 2 N–H and O–H groups in total. The summed E-state index contributed by atoms with van der Waals surface area (Å²) < 4.78 is 5.32. The number of aromatic nitrogens is 1. The van der Waals surface area contributed by atoms with Crippen LogP contribution in [0.5, 0.6) is 0 Å². The van der Waals surface area contributed by atoms with Gasteiger partial charge < -0.3 is 10.2 Å². The zero-order valence-corrected chi connectivity index (χ0v) is 10.1. The van der Waals surface area contributed by atoms with Crippen molar-refractivity contribution in [3.63, 3.8) is 0 Å². The number of hydrogen-bond acceptors (Lipinski definition) is 3. The van der Waals surface area contributed by atoms with Gasteiger partial charge >= 0.3 is 0 Å². The number of fused-ring (bicyclic) bond motifs is 1. The standard InChI is InChI=1S/C15H14N2O/c1-10-6-12(9-18-10)15(16)14-8-17-7-11-4-2-3-5-13(11)14/h2-9,15H,16H2,1H3. The van der Waals surface area contributed by atoms with E-state index in [1.807, 2.05) is 43.6 Å². The normalized spacial score (nSPS) is 12.8. The number of nitrogens with two attached hydrogens (primary N) is 1. The van der Waals surface area contributed by atoms with Crippen LogP contribution in [0, 0.1) is 6.92 Å². The fourth-order valence-electron chi connectivity index (χ4n) is 2.19. The molecule has 3 rings (SSSR count). The third kappa shape index (κ3) is 1.79. The number of benzene rings is 1. The summed E-state index contributed by atoms with van der Waals surface area (Å²) in [6, 6.07) is 9.88. The molecule has 0 saturated heterocycles. The lowest BCUT2D eigenvalue weighted by Gasteiger charge is -2.12. The highest BCUT2D eigenvalue weighted by molar-refractivity contribution is 5.85. The molecule has 2 aromatic heterocycles. The van der Waals surface area contributed by atoms with Crippen LogP contribution in [0.25, 0.3) is 10.8 Å². The molecule has 3 aromatic rings. The Kier molecular flexibility index (Phi) is 2.61. The molecule has 0 amide bonds. The SMILES string of the molecule is Cc1cc(C(N)c2cncc3ccccc23)co1. The van der Waals surface area contributed by atoms with Gasteiger partial charge in [-0.3, -0.25) is 4.98 Å². The van der Waals surface area contributed by atoms with Crippen molar-refractivity contribution in [2.24, 2.45) is 5.73 Å². The maximum atomic E-state index is 6.30. The van der Waals surface area contributed by atoms with E-state index in [1.54, 1.807) is 6.26 Å². The Hall–Kier alpha value is -2.13. The van der Waals surface area contributed by atoms with Gasteiger partial charge in [0, 0.05) is 23.3 Å². The van der Waals surface area contributed by atoms with E-state index >= 15 is 0 Å². The van der Waals surface area contributed by atoms with E-state index in [-0.39, 0.29) is 6.04 Å². The van der Waals surface area contributed by atoms with E-state index < -0.39 is 0 Å². The summed E-state index contributed by atoms with van der Waals surface area (Å²) in [5.41, 5.74) is 8.30. The monoisotopic (exact) mass is 238 g/mol. The molecular formula is C15H14N2O. The summed E-state index contributed by atoms with van der Waals surface area (Å²) in [7, 11) is 0. The average molecular weight is 238 g/mol. The molecule has 1 atom stereocenters. The molecule has 0 fully saturated rings. The smallest absolute Gasteiger partial charge is 0.101 e. The largest absolute Gasteiger partial charge is 0.469 e. The summed E-state index contributed by atoms with van der Waals surface area (Å²) in [6.07, 6.45) is 5.39. The third-order valence-electron chi connectivity index (χ3n) is 3.14. The second kappa shape index (κ2) is 4.27. The molecule has 0 aliphatic heterocycles. The van der Waals surface area contributed by atoms with Crippen molar-refractivity contribution in [2.75, 3.05) is 0 Å². The second-order valence-corrected chi connectivity index (χ2v) is 4.42. The van der Waals surface area contributed by atoms with Crippen LogP contribution in [-0.4, -0.2) is 4.98 Å². The number of rotatable bonds is 2. The Morgan fingerprint density at radius 1 is 1.22 bits per heavy atom. The summed E-state index contributed by atoms with van der Waals surface area (Å²) in [6.45, 7) is 1.91. The maximum absolute atomic E-state index is 6.30. The Morgan fingerprint density at radius 2 is 2.06 bits per heavy atom. The molecule has 0 radical (unpaired) electrons. The van der Waals surface area contributed by atoms with Gasteiger partial charge in [-0.25, -0.2) is 0 Å². The number of pyridine rings is 1. The van der Waals surface area contributed by atoms with Crippen molar-refractivity contribution in [3.05, 3.63) is 65.9 Å². The van der Waals surface area contributed by atoms with Gasteiger partial charge in [-0.15, -0.1) is 0 Å². The van der Waals surface area contributed by atoms with Crippen molar-refractivity contribution >= 4 is 10.8 Å². The summed E-state index contributed by atoms with van der Waals surface area (Å²) >= 11 is 0. The van der Waals surface area contributed by atoms with E-state index in [0.29, 0.717) is 0 Å².